The number of aliphatic carboxylic acids is 1. The van der Waals surface area contributed by atoms with Gasteiger partial charge < -0.3 is 68.8 Å². The normalized spacial score (nSPS) is 23.4. The number of carbonyl (C=O) groups is 9. The summed E-state index contributed by atoms with van der Waals surface area (Å²) in [5.41, 5.74) is 14.8. The minimum Gasteiger partial charge on any atom is -0.480 e. The molecule has 5 aromatic rings. The highest BCUT2D eigenvalue weighted by Crippen LogP contribution is 2.24. The van der Waals surface area contributed by atoms with Crippen LogP contribution in [0.25, 0.3) is 10.9 Å². The lowest BCUT2D eigenvalue weighted by Gasteiger charge is -2.32. The van der Waals surface area contributed by atoms with Crippen molar-refractivity contribution in [3.63, 3.8) is 0 Å². The number of hydrogen-bond donors (Lipinski definition) is 12. The molecule has 1 fully saturated rings. The minimum atomic E-state index is -1.75. The summed E-state index contributed by atoms with van der Waals surface area (Å²) in [6.45, 7) is 1.46. The molecular weight excluding hydrogens is 1050 g/mol. The Kier molecular flexibility index (Phi) is 22.8. The van der Waals surface area contributed by atoms with Gasteiger partial charge in [0.1, 0.15) is 36.3 Å². The van der Waals surface area contributed by atoms with Gasteiger partial charge in [0.2, 0.25) is 41.2 Å². The first kappa shape index (κ1) is 60.5. The van der Waals surface area contributed by atoms with E-state index in [9.17, 15) is 53.4 Å². The van der Waals surface area contributed by atoms with E-state index in [1.54, 1.807) is 103 Å². The number of para-hydroxylation sites is 1. The topological polar surface area (TPSA) is 349 Å². The number of Topliss-reactive ketones (excluding diaryl/α,β-unsaturated/α-hetero) is 1. The van der Waals surface area contributed by atoms with E-state index >= 15 is 0 Å². The monoisotopic (exact) mass is 1120 g/mol. The summed E-state index contributed by atoms with van der Waals surface area (Å²) in [5, 5.41) is 40.3. The number of amides is 8. The summed E-state index contributed by atoms with van der Waals surface area (Å²) < 4.78 is 0. The van der Waals surface area contributed by atoms with Crippen LogP contribution in [-0.2, 0) is 52.8 Å². The van der Waals surface area contributed by atoms with E-state index in [4.69, 9.17) is 11.5 Å². The number of carboxylic acid groups (broad SMARTS) is 1. The standard InChI is InChI=1S/C55H67N11O11S2/c1-32(67)45-53(74)61-41(26-33-16-6-3-7-17-33)50(71)62-44(54(75)76)31-79-78-30-38(57)48(69)60-42(27-34-18-8-4-9-19-34)52(73)65-47(46(68)35-20-10-5-11-21-35)66(2)55(77)63-43(28-36-29-58-39-23-13-12-22-37(36)39)51(72)59-40(49(70)64-45)24-14-15-25-56/h3-13,16-23,29,32,38,40-45,47,58,67H,14-15,24-28,30-31,56-57H2,1-2H3,(H,59,72)(H,60,69)(H,61,74)(H,62,71)(H,63,77)(H,64,70)(H,65,73)(H,75,76)/t32-,38+,40+,41+,42-,43+,44+,45+,47+/m1/s1. The molecule has 22 nitrogen and oxygen atoms in total. The number of carboxylic acids is 1. The highest BCUT2D eigenvalue weighted by molar-refractivity contribution is 8.76. The number of urea groups is 1. The number of ketones is 1. The van der Waals surface area contributed by atoms with Gasteiger partial charge in [0.25, 0.3) is 0 Å². The third-order valence-corrected chi connectivity index (χ3v) is 15.4. The molecule has 2 heterocycles. The predicted octanol–water partition coefficient (Wildman–Crippen LogP) is 1.27. The second-order valence-corrected chi connectivity index (χ2v) is 21.5. The molecule has 9 atom stereocenters. The van der Waals surface area contributed by atoms with Crippen LogP contribution < -0.4 is 48.7 Å². The number of unbranched alkanes of at least 4 members (excludes halogenated alkanes) is 1. The molecule has 0 spiro atoms. The molecule has 0 radical (unpaired) electrons. The van der Waals surface area contributed by atoms with Gasteiger partial charge in [-0.3, -0.25) is 33.6 Å². The lowest BCUT2D eigenvalue weighted by molar-refractivity contribution is -0.141. The molecule has 14 N–H and O–H groups in total. The molecule has 1 aliphatic rings. The van der Waals surface area contributed by atoms with Crippen LogP contribution in [0.3, 0.4) is 0 Å². The zero-order valence-electron chi connectivity index (χ0n) is 43.6. The first-order chi connectivity index (χ1) is 37.9. The highest BCUT2D eigenvalue weighted by atomic mass is 33.1. The van der Waals surface area contributed by atoms with Gasteiger partial charge in [-0.05, 0) is 55.5 Å². The Morgan fingerprint density at radius 1 is 0.620 bits per heavy atom. The number of likely N-dealkylation sites (N-methyl/N-ethyl adjacent to an activating group) is 1. The molecule has 0 bridgehead atoms. The Balaban J connectivity index is 1.41. The number of hydrogen-bond acceptors (Lipinski definition) is 14. The van der Waals surface area contributed by atoms with Crippen molar-refractivity contribution in [1.82, 2.24) is 47.1 Å². The molecule has 0 aliphatic carbocycles. The van der Waals surface area contributed by atoms with Gasteiger partial charge in [-0.1, -0.05) is 131 Å². The number of aromatic amines is 1. The van der Waals surface area contributed by atoms with Gasteiger partial charge in [-0.2, -0.15) is 0 Å². The number of H-pyrrole nitrogens is 1. The zero-order valence-corrected chi connectivity index (χ0v) is 45.2. The Hall–Kier alpha value is -7.77. The number of nitrogens with two attached hydrogens (primary N) is 2. The molecule has 1 aliphatic heterocycles. The van der Waals surface area contributed by atoms with Gasteiger partial charge >= 0.3 is 12.0 Å². The minimum absolute atomic E-state index is 0.0340. The van der Waals surface area contributed by atoms with Crippen LogP contribution in [0.5, 0.6) is 0 Å². The maximum absolute atomic E-state index is 14.8. The van der Waals surface area contributed by atoms with E-state index in [0.717, 1.165) is 26.5 Å². The van der Waals surface area contributed by atoms with Crippen molar-refractivity contribution in [2.24, 2.45) is 11.5 Å². The van der Waals surface area contributed by atoms with E-state index in [-0.39, 0.29) is 49.3 Å². The smallest absolute Gasteiger partial charge is 0.327 e. The Bertz CT molecular complexity index is 2900. The summed E-state index contributed by atoms with van der Waals surface area (Å²) in [6.07, 6.45) is -1.41. The highest BCUT2D eigenvalue weighted by Gasteiger charge is 2.38. The summed E-state index contributed by atoms with van der Waals surface area (Å²) in [6, 6.07) is 21.0. The average molecular weight is 1120 g/mol. The molecular formula is C55H67N11O11S2. The number of fused-ring (bicyclic) bond motifs is 1. The molecule has 1 saturated heterocycles. The van der Waals surface area contributed by atoms with Gasteiger partial charge in [0.05, 0.1) is 12.1 Å². The second kappa shape index (κ2) is 29.8. The summed E-state index contributed by atoms with van der Waals surface area (Å²) >= 11 is 0. The molecule has 0 saturated carbocycles. The van der Waals surface area contributed by atoms with E-state index in [0.29, 0.717) is 40.4 Å². The molecule has 1 aromatic heterocycles. The van der Waals surface area contributed by atoms with E-state index in [1.165, 1.54) is 26.1 Å². The third-order valence-electron chi connectivity index (χ3n) is 13.0. The maximum Gasteiger partial charge on any atom is 0.327 e. The summed E-state index contributed by atoms with van der Waals surface area (Å²) in [4.78, 5) is 132. The number of rotatable bonds is 14. The second-order valence-electron chi connectivity index (χ2n) is 19.0. The maximum atomic E-state index is 14.8. The molecule has 24 heteroatoms. The fourth-order valence-corrected chi connectivity index (χ4v) is 10.8. The van der Waals surface area contributed by atoms with E-state index in [1.807, 2.05) is 6.07 Å². The van der Waals surface area contributed by atoms with Crippen LogP contribution in [0, 0.1) is 0 Å². The van der Waals surface area contributed by atoms with E-state index < -0.39 is 108 Å². The van der Waals surface area contributed by atoms with Crippen LogP contribution >= 0.6 is 21.6 Å². The van der Waals surface area contributed by atoms with Gasteiger partial charge in [0.15, 0.2) is 6.17 Å². The Morgan fingerprint density at radius 2 is 1.14 bits per heavy atom. The lowest BCUT2D eigenvalue weighted by atomic mass is 10.0. The molecule has 6 rings (SSSR count). The lowest BCUT2D eigenvalue weighted by Crippen LogP contribution is -2.63. The van der Waals surface area contributed by atoms with Crippen LogP contribution in [0.1, 0.15) is 53.2 Å². The summed E-state index contributed by atoms with van der Waals surface area (Å²) in [7, 11) is 3.24. The van der Waals surface area contributed by atoms with Gasteiger partial charge in [-0.15, -0.1) is 0 Å². The number of aliphatic hydroxyl groups excluding tert-OH is 1. The fraction of sp³-hybridized carbons (Fsp3) is 0.364. The van der Waals surface area contributed by atoms with E-state index in [2.05, 4.69) is 42.2 Å². The average Bonchev–Trinajstić information content (AvgIpc) is 3.85. The van der Waals surface area contributed by atoms with Crippen LogP contribution in [0.15, 0.2) is 121 Å². The number of nitrogens with zero attached hydrogens (tertiary/aromatic N) is 1. The van der Waals surface area contributed by atoms with Crippen molar-refractivity contribution in [2.75, 3.05) is 25.1 Å². The Labute approximate surface area is 464 Å². The zero-order chi connectivity index (χ0) is 57.0. The van der Waals surface area contributed by atoms with Gasteiger partial charge in [-0.25, -0.2) is 9.59 Å². The van der Waals surface area contributed by atoms with Crippen LogP contribution in [0.4, 0.5) is 4.79 Å². The van der Waals surface area contributed by atoms with Crippen LogP contribution in [-0.4, -0.2) is 153 Å². The fourth-order valence-electron chi connectivity index (χ4n) is 8.54. The van der Waals surface area contributed by atoms with Crippen molar-refractivity contribution in [3.05, 3.63) is 144 Å². The quantitative estimate of drug-likeness (QED) is 0.0423. The third kappa shape index (κ3) is 17.6. The molecule has 4 aromatic carbocycles. The number of aromatic nitrogens is 1. The number of aliphatic hydroxyl groups is 1. The van der Waals surface area contributed by atoms with Crippen molar-refractivity contribution in [2.45, 2.75) is 100 Å². The number of benzene rings is 4. The molecule has 420 valence electrons. The van der Waals surface area contributed by atoms with Crippen LogP contribution in [0.2, 0.25) is 0 Å². The largest absolute Gasteiger partial charge is 0.480 e. The Morgan fingerprint density at radius 3 is 1.75 bits per heavy atom. The first-order valence-corrected chi connectivity index (χ1v) is 28.1. The summed E-state index contributed by atoms with van der Waals surface area (Å²) in [5.74, 6) is -7.88. The molecule has 79 heavy (non-hydrogen) atoms. The van der Waals surface area contributed by atoms with Crippen molar-refractivity contribution in [1.29, 1.82) is 0 Å². The SMILES string of the molecule is C[C@@H](O)[C@@H]1NC(=O)[C@H](CCCCN)NC(=O)[C@H](Cc2c[nH]c3ccccc23)NC(=O)N(C)[C@@H](C(=O)c2ccccc2)NC(=O)[C@@H](Cc2ccccc2)NC(=O)[C@@H](N)CSSC[C@@H](C(=O)O)NC(=O)[C@H](Cc2ccccc2)NC1=O. The van der Waals surface area contributed by atoms with Crippen molar-refractivity contribution >= 4 is 85.7 Å². The first-order valence-electron chi connectivity index (χ1n) is 25.6. The number of carbonyl (C=O) groups excluding carboxylic acids is 8. The van der Waals surface area contributed by atoms with Gasteiger partial charge in [0, 0.05) is 60.5 Å². The molecule has 8 amide bonds. The molecule has 0 unspecified atom stereocenters. The number of nitrogens with one attached hydrogen (secondary N) is 8. The van der Waals surface area contributed by atoms with Crippen molar-refractivity contribution < 1.29 is 53.4 Å². The van der Waals surface area contributed by atoms with Crippen molar-refractivity contribution in [3.8, 4) is 0 Å². The predicted molar refractivity (Wildman–Crippen MR) is 300 cm³/mol.